The Morgan fingerprint density at radius 2 is 2.04 bits per heavy atom. The van der Waals surface area contributed by atoms with Crippen molar-refractivity contribution >= 4 is 28.3 Å². The van der Waals surface area contributed by atoms with E-state index in [1.165, 1.54) is 12.1 Å². The molecule has 136 valence electrons. The summed E-state index contributed by atoms with van der Waals surface area (Å²) in [6.45, 7) is 5.73. The molecular weight excluding hydrogens is 352 g/mol. The van der Waals surface area contributed by atoms with Crippen molar-refractivity contribution in [1.82, 2.24) is 15.5 Å². The lowest BCUT2D eigenvalue weighted by molar-refractivity contribution is -0.122. The zero-order valence-corrected chi connectivity index (χ0v) is 15.3. The summed E-state index contributed by atoms with van der Waals surface area (Å²) in [6.07, 6.45) is 0.647. The Balaban J connectivity index is 0.00000288. The average molecular weight is 377 g/mol. The van der Waals surface area contributed by atoms with E-state index in [0.717, 1.165) is 25.2 Å². The molecule has 0 spiro atoms. The van der Waals surface area contributed by atoms with Gasteiger partial charge in [0.15, 0.2) is 0 Å². The van der Waals surface area contributed by atoms with Crippen LogP contribution in [0.3, 0.4) is 0 Å². The fourth-order valence-electron chi connectivity index (χ4n) is 2.55. The number of nitrogens with one attached hydrogen (secondary N) is 2. The lowest BCUT2D eigenvalue weighted by Gasteiger charge is -2.33. The van der Waals surface area contributed by atoms with Crippen LogP contribution in [0.2, 0.25) is 0 Å². The van der Waals surface area contributed by atoms with E-state index in [-0.39, 0.29) is 23.2 Å². The van der Waals surface area contributed by atoms with Crippen molar-refractivity contribution in [3.8, 4) is 0 Å². The van der Waals surface area contributed by atoms with Gasteiger partial charge in [0.1, 0.15) is 0 Å². The molecule has 0 unspecified atom stereocenters. The molecule has 1 amide bonds. The predicted octanol–water partition coefficient (Wildman–Crippen LogP) is -0.292. The molecule has 1 aromatic rings. The fraction of sp³-hybridized carbons (Fsp3) is 0.533. The summed E-state index contributed by atoms with van der Waals surface area (Å²) < 4.78 is 22.3. The molecule has 24 heavy (non-hydrogen) atoms. The number of carbonyl (C=O) groups is 1. The number of primary sulfonamides is 1. The highest BCUT2D eigenvalue weighted by Gasteiger charge is 2.19. The van der Waals surface area contributed by atoms with Gasteiger partial charge in [-0.25, -0.2) is 13.6 Å². The van der Waals surface area contributed by atoms with Crippen molar-refractivity contribution in [1.29, 1.82) is 0 Å². The van der Waals surface area contributed by atoms with Gasteiger partial charge in [-0.15, -0.1) is 12.4 Å². The van der Waals surface area contributed by atoms with Crippen LogP contribution in [-0.2, 0) is 21.2 Å². The van der Waals surface area contributed by atoms with Crippen LogP contribution in [0.1, 0.15) is 12.5 Å². The van der Waals surface area contributed by atoms with E-state index < -0.39 is 10.0 Å². The number of nitrogens with two attached hydrogens (primary N) is 1. The largest absolute Gasteiger partial charge is 0.355 e. The number of nitrogens with zero attached hydrogens (tertiary/aromatic N) is 1. The first-order valence-corrected chi connectivity index (χ1v) is 9.24. The van der Waals surface area contributed by atoms with Crippen LogP contribution >= 0.6 is 12.4 Å². The maximum absolute atomic E-state index is 12.0. The Bertz CT molecular complexity index is 637. The Morgan fingerprint density at radius 1 is 1.38 bits per heavy atom. The van der Waals surface area contributed by atoms with Crippen LogP contribution in [0, 0.1) is 0 Å². The number of rotatable bonds is 6. The second kappa shape index (κ2) is 9.33. The van der Waals surface area contributed by atoms with Gasteiger partial charge in [-0.05, 0) is 31.0 Å². The van der Waals surface area contributed by atoms with Crippen LogP contribution in [-0.4, -0.2) is 58.0 Å². The van der Waals surface area contributed by atoms with Gasteiger partial charge in [0.2, 0.25) is 15.9 Å². The van der Waals surface area contributed by atoms with E-state index in [1.807, 2.05) is 0 Å². The third-order valence-corrected chi connectivity index (χ3v) is 4.90. The van der Waals surface area contributed by atoms with Gasteiger partial charge >= 0.3 is 0 Å². The molecule has 1 aliphatic heterocycles. The van der Waals surface area contributed by atoms with Crippen LogP contribution < -0.4 is 15.8 Å². The van der Waals surface area contributed by atoms with E-state index in [0.29, 0.717) is 25.6 Å². The molecule has 9 heteroatoms. The Labute approximate surface area is 149 Å². The number of hydrogen-bond acceptors (Lipinski definition) is 5. The fourth-order valence-corrected chi connectivity index (χ4v) is 3.07. The van der Waals surface area contributed by atoms with E-state index in [1.54, 1.807) is 12.1 Å². The maximum Gasteiger partial charge on any atom is 0.238 e. The first-order chi connectivity index (χ1) is 10.9. The molecule has 7 nitrogen and oxygen atoms in total. The molecule has 1 saturated heterocycles. The second-order valence-corrected chi connectivity index (χ2v) is 7.37. The first kappa shape index (κ1) is 20.9. The molecule has 1 fully saturated rings. The van der Waals surface area contributed by atoms with Crippen molar-refractivity contribution < 1.29 is 13.2 Å². The molecular formula is C15H25ClN4O3S. The molecule has 1 aliphatic rings. The Morgan fingerprint density at radius 3 is 2.62 bits per heavy atom. The van der Waals surface area contributed by atoms with Crippen molar-refractivity contribution in [2.45, 2.75) is 24.3 Å². The number of amides is 1. The molecule has 0 radical (unpaired) electrons. The summed E-state index contributed by atoms with van der Waals surface area (Å²) in [6, 6.07) is 6.75. The zero-order chi connectivity index (χ0) is 16.9. The molecule has 1 atom stereocenters. The summed E-state index contributed by atoms with van der Waals surface area (Å²) >= 11 is 0. The van der Waals surface area contributed by atoms with E-state index in [2.05, 4.69) is 22.5 Å². The zero-order valence-electron chi connectivity index (χ0n) is 13.7. The van der Waals surface area contributed by atoms with Gasteiger partial charge < -0.3 is 10.6 Å². The number of sulfonamides is 1. The second-order valence-electron chi connectivity index (χ2n) is 5.81. The van der Waals surface area contributed by atoms with Gasteiger partial charge in [0, 0.05) is 32.2 Å². The number of hydrogen-bond donors (Lipinski definition) is 3. The highest BCUT2D eigenvalue weighted by molar-refractivity contribution is 7.89. The SMILES string of the molecule is C[C@@H]1CNCCN1CC(=O)NCCc1ccc(S(N)(=O)=O)cc1.Cl. The minimum Gasteiger partial charge on any atom is -0.355 e. The first-order valence-electron chi connectivity index (χ1n) is 7.69. The number of benzene rings is 1. The molecule has 1 aromatic carbocycles. The molecule has 1 heterocycles. The number of piperazine rings is 1. The quantitative estimate of drug-likeness (QED) is 0.632. The normalized spacial score (nSPS) is 18.7. The summed E-state index contributed by atoms with van der Waals surface area (Å²) in [5.41, 5.74) is 0.952. The monoisotopic (exact) mass is 376 g/mol. The van der Waals surface area contributed by atoms with Crippen LogP contribution in [0.5, 0.6) is 0 Å². The van der Waals surface area contributed by atoms with Crippen molar-refractivity contribution in [2.75, 3.05) is 32.7 Å². The minimum atomic E-state index is -3.66. The van der Waals surface area contributed by atoms with E-state index >= 15 is 0 Å². The Hall–Kier alpha value is -1.19. The number of carbonyl (C=O) groups excluding carboxylic acids is 1. The van der Waals surface area contributed by atoms with E-state index in [4.69, 9.17) is 5.14 Å². The van der Waals surface area contributed by atoms with Crippen molar-refractivity contribution in [2.24, 2.45) is 5.14 Å². The van der Waals surface area contributed by atoms with Crippen LogP contribution in [0.25, 0.3) is 0 Å². The van der Waals surface area contributed by atoms with Gasteiger partial charge in [0.25, 0.3) is 0 Å². The highest BCUT2D eigenvalue weighted by Crippen LogP contribution is 2.09. The Kier molecular flexibility index (Phi) is 8.11. The third kappa shape index (κ3) is 6.37. The summed E-state index contributed by atoms with van der Waals surface area (Å²) in [7, 11) is -3.66. The maximum atomic E-state index is 12.0. The number of halogens is 1. The lowest BCUT2D eigenvalue weighted by Crippen LogP contribution is -2.52. The van der Waals surface area contributed by atoms with Crippen LogP contribution in [0.4, 0.5) is 0 Å². The molecule has 0 saturated carbocycles. The summed E-state index contributed by atoms with van der Waals surface area (Å²) in [5.74, 6) is 0.0138. The topological polar surface area (TPSA) is 105 Å². The molecule has 4 N–H and O–H groups in total. The van der Waals surface area contributed by atoms with Gasteiger partial charge in [-0.3, -0.25) is 9.69 Å². The predicted molar refractivity (Wildman–Crippen MR) is 95.7 cm³/mol. The molecule has 2 rings (SSSR count). The molecule has 0 aliphatic carbocycles. The van der Waals surface area contributed by atoms with E-state index in [9.17, 15) is 13.2 Å². The smallest absolute Gasteiger partial charge is 0.238 e. The summed E-state index contributed by atoms with van der Waals surface area (Å²) in [4.78, 5) is 14.2. The average Bonchev–Trinajstić information content (AvgIpc) is 2.49. The standard InChI is InChI=1S/C15H24N4O3S.ClH/c1-12-10-17-8-9-19(12)11-15(20)18-7-6-13-2-4-14(5-3-13)23(16,21)22;/h2-5,12,17H,6-11H2,1H3,(H,18,20)(H2,16,21,22);1H/t12-;/m1./s1. The van der Waals surface area contributed by atoms with Gasteiger partial charge in [-0.2, -0.15) is 0 Å². The highest BCUT2D eigenvalue weighted by atomic mass is 35.5. The molecule has 0 aromatic heterocycles. The minimum absolute atomic E-state index is 0. The lowest BCUT2D eigenvalue weighted by atomic mass is 10.1. The third-order valence-electron chi connectivity index (χ3n) is 3.97. The van der Waals surface area contributed by atoms with Crippen molar-refractivity contribution in [3.63, 3.8) is 0 Å². The van der Waals surface area contributed by atoms with Gasteiger partial charge in [0.05, 0.1) is 11.4 Å². The van der Waals surface area contributed by atoms with Gasteiger partial charge in [-0.1, -0.05) is 12.1 Å². The molecule has 0 bridgehead atoms. The van der Waals surface area contributed by atoms with Crippen molar-refractivity contribution in [3.05, 3.63) is 29.8 Å². The van der Waals surface area contributed by atoms with Crippen LogP contribution in [0.15, 0.2) is 29.2 Å². The summed E-state index contributed by atoms with van der Waals surface area (Å²) in [5, 5.41) is 11.2.